The van der Waals surface area contributed by atoms with Crippen molar-refractivity contribution in [1.29, 1.82) is 0 Å². The van der Waals surface area contributed by atoms with E-state index in [4.69, 9.17) is 0 Å². The summed E-state index contributed by atoms with van der Waals surface area (Å²) in [6.45, 7) is 5.52. The Morgan fingerprint density at radius 1 is 1.38 bits per heavy atom. The topological polar surface area (TPSA) is 44.6 Å². The van der Waals surface area contributed by atoms with Crippen LogP contribution in [0.15, 0.2) is 23.5 Å². The number of guanidine groups is 1. The fraction of sp³-hybridized carbons (Fsp3) is 0.688. The predicted molar refractivity (Wildman–Crippen MR) is 86.3 cm³/mol. The van der Waals surface area contributed by atoms with Crippen LogP contribution in [-0.2, 0) is 13.6 Å². The van der Waals surface area contributed by atoms with Gasteiger partial charge in [0.1, 0.15) is 0 Å². The van der Waals surface area contributed by atoms with Crippen molar-refractivity contribution < 1.29 is 0 Å². The zero-order valence-corrected chi connectivity index (χ0v) is 13.3. The van der Waals surface area contributed by atoms with Crippen LogP contribution in [0.3, 0.4) is 0 Å². The first-order chi connectivity index (χ1) is 10.2. The molecular weight excluding hydrogens is 262 g/mol. The van der Waals surface area contributed by atoms with Gasteiger partial charge in [-0.1, -0.05) is 6.92 Å². The molecule has 1 aliphatic heterocycles. The third kappa shape index (κ3) is 3.59. The fourth-order valence-corrected chi connectivity index (χ4v) is 3.15. The van der Waals surface area contributed by atoms with Crippen LogP contribution in [0.5, 0.6) is 0 Å². The van der Waals surface area contributed by atoms with E-state index in [2.05, 4.69) is 50.5 Å². The highest BCUT2D eigenvalue weighted by atomic mass is 15.3. The van der Waals surface area contributed by atoms with E-state index >= 15 is 0 Å². The zero-order valence-electron chi connectivity index (χ0n) is 13.3. The SMILES string of the molecule is CN=C(NCc1ccn(C)c1)NC1CN(C2CC2)CC1C. The Morgan fingerprint density at radius 3 is 2.81 bits per heavy atom. The molecule has 2 atom stereocenters. The molecule has 1 aliphatic carbocycles. The quantitative estimate of drug-likeness (QED) is 0.646. The van der Waals surface area contributed by atoms with Crippen molar-refractivity contribution in [1.82, 2.24) is 20.1 Å². The highest BCUT2D eigenvalue weighted by molar-refractivity contribution is 5.80. The molecule has 21 heavy (non-hydrogen) atoms. The number of aromatic nitrogens is 1. The van der Waals surface area contributed by atoms with E-state index in [0.717, 1.165) is 25.1 Å². The maximum Gasteiger partial charge on any atom is 0.191 e. The van der Waals surface area contributed by atoms with Crippen molar-refractivity contribution in [3.63, 3.8) is 0 Å². The number of aryl methyl sites for hydroxylation is 1. The van der Waals surface area contributed by atoms with Gasteiger partial charge in [0.05, 0.1) is 0 Å². The largest absolute Gasteiger partial charge is 0.357 e. The Hall–Kier alpha value is -1.49. The van der Waals surface area contributed by atoms with Gasteiger partial charge in [-0.15, -0.1) is 0 Å². The molecule has 2 unspecified atom stereocenters. The third-order valence-electron chi connectivity index (χ3n) is 4.60. The molecule has 2 heterocycles. The molecule has 0 bridgehead atoms. The number of nitrogens with one attached hydrogen (secondary N) is 2. The Balaban J connectivity index is 1.50. The standard InChI is InChI=1S/C16H27N5/c1-12-9-21(14-4-5-14)11-15(12)19-16(17-2)18-8-13-6-7-20(3)10-13/h6-7,10,12,14-15H,4-5,8-9,11H2,1-3H3,(H2,17,18,19). The number of aliphatic imine (C=N–C) groups is 1. The monoisotopic (exact) mass is 289 g/mol. The number of likely N-dealkylation sites (tertiary alicyclic amines) is 1. The predicted octanol–water partition coefficient (Wildman–Crippen LogP) is 1.17. The summed E-state index contributed by atoms with van der Waals surface area (Å²) in [5.41, 5.74) is 1.28. The van der Waals surface area contributed by atoms with E-state index in [-0.39, 0.29) is 0 Å². The minimum Gasteiger partial charge on any atom is -0.357 e. The average molecular weight is 289 g/mol. The molecule has 2 fully saturated rings. The Morgan fingerprint density at radius 2 is 2.19 bits per heavy atom. The van der Waals surface area contributed by atoms with Crippen LogP contribution in [0.25, 0.3) is 0 Å². The van der Waals surface area contributed by atoms with Gasteiger partial charge in [-0.05, 0) is 30.4 Å². The van der Waals surface area contributed by atoms with E-state index in [1.54, 1.807) is 0 Å². The molecule has 1 saturated carbocycles. The number of hydrogen-bond acceptors (Lipinski definition) is 2. The summed E-state index contributed by atoms with van der Waals surface area (Å²) in [5.74, 6) is 1.59. The second-order valence-corrected chi connectivity index (χ2v) is 6.52. The lowest BCUT2D eigenvalue weighted by Crippen LogP contribution is -2.46. The molecule has 2 aliphatic rings. The van der Waals surface area contributed by atoms with Crippen molar-refractivity contribution in [3.8, 4) is 0 Å². The molecule has 0 radical (unpaired) electrons. The van der Waals surface area contributed by atoms with Gasteiger partial charge >= 0.3 is 0 Å². The Labute approximate surface area is 127 Å². The second-order valence-electron chi connectivity index (χ2n) is 6.52. The van der Waals surface area contributed by atoms with Crippen molar-refractivity contribution in [3.05, 3.63) is 24.0 Å². The minimum absolute atomic E-state index is 0.507. The summed E-state index contributed by atoms with van der Waals surface area (Å²) in [7, 11) is 3.89. The molecule has 3 rings (SSSR count). The molecule has 2 N–H and O–H groups in total. The lowest BCUT2D eigenvalue weighted by molar-refractivity contribution is 0.315. The van der Waals surface area contributed by atoms with Gasteiger partial charge in [0.2, 0.25) is 0 Å². The van der Waals surface area contributed by atoms with Crippen LogP contribution in [-0.4, -0.2) is 47.6 Å². The van der Waals surface area contributed by atoms with Gasteiger partial charge in [-0.3, -0.25) is 9.89 Å². The number of rotatable bonds is 4. The average Bonchev–Trinajstić information content (AvgIpc) is 3.14. The highest BCUT2D eigenvalue weighted by Gasteiger charge is 2.38. The maximum atomic E-state index is 4.36. The first-order valence-corrected chi connectivity index (χ1v) is 7.98. The van der Waals surface area contributed by atoms with Gasteiger partial charge in [0.25, 0.3) is 0 Å². The van der Waals surface area contributed by atoms with Crippen LogP contribution in [0.1, 0.15) is 25.3 Å². The van der Waals surface area contributed by atoms with E-state index in [1.165, 1.54) is 24.9 Å². The lowest BCUT2D eigenvalue weighted by Gasteiger charge is -2.20. The van der Waals surface area contributed by atoms with Crippen LogP contribution in [0.2, 0.25) is 0 Å². The number of hydrogen-bond donors (Lipinski definition) is 2. The van der Waals surface area contributed by atoms with Crippen molar-refractivity contribution in [2.24, 2.45) is 18.0 Å². The molecular formula is C16H27N5. The molecule has 116 valence electrons. The lowest BCUT2D eigenvalue weighted by atomic mass is 10.1. The maximum absolute atomic E-state index is 4.36. The summed E-state index contributed by atoms with van der Waals surface area (Å²) < 4.78 is 2.07. The Bertz CT molecular complexity index is 503. The molecule has 1 aromatic heterocycles. The minimum atomic E-state index is 0.507. The van der Waals surface area contributed by atoms with E-state index in [9.17, 15) is 0 Å². The van der Waals surface area contributed by atoms with E-state index < -0.39 is 0 Å². The summed E-state index contributed by atoms with van der Waals surface area (Å²) >= 11 is 0. The van der Waals surface area contributed by atoms with Crippen molar-refractivity contribution in [2.45, 2.75) is 38.4 Å². The first-order valence-electron chi connectivity index (χ1n) is 7.98. The second kappa shape index (κ2) is 6.10. The van der Waals surface area contributed by atoms with Crippen LogP contribution >= 0.6 is 0 Å². The summed E-state index contributed by atoms with van der Waals surface area (Å²) in [5, 5.41) is 7.01. The molecule has 0 aromatic carbocycles. The van der Waals surface area contributed by atoms with Gasteiger partial charge < -0.3 is 15.2 Å². The van der Waals surface area contributed by atoms with Gasteiger partial charge in [-0.25, -0.2) is 0 Å². The van der Waals surface area contributed by atoms with Gasteiger partial charge in [0.15, 0.2) is 5.96 Å². The van der Waals surface area contributed by atoms with Gasteiger partial charge in [0, 0.05) is 58.2 Å². The normalized spacial score (nSPS) is 27.1. The zero-order chi connectivity index (χ0) is 14.8. The summed E-state index contributed by atoms with van der Waals surface area (Å²) in [6, 6.07) is 3.50. The summed E-state index contributed by atoms with van der Waals surface area (Å²) in [6.07, 6.45) is 6.98. The van der Waals surface area contributed by atoms with Crippen LogP contribution in [0.4, 0.5) is 0 Å². The fourth-order valence-electron chi connectivity index (χ4n) is 3.15. The smallest absolute Gasteiger partial charge is 0.191 e. The van der Waals surface area contributed by atoms with E-state index in [0.29, 0.717) is 12.0 Å². The molecule has 1 saturated heterocycles. The molecule has 0 spiro atoms. The van der Waals surface area contributed by atoms with Crippen LogP contribution < -0.4 is 10.6 Å². The first kappa shape index (κ1) is 14.4. The molecule has 0 amide bonds. The van der Waals surface area contributed by atoms with Crippen molar-refractivity contribution in [2.75, 3.05) is 20.1 Å². The van der Waals surface area contributed by atoms with E-state index in [1.807, 2.05) is 14.1 Å². The molecule has 5 heteroatoms. The summed E-state index contributed by atoms with van der Waals surface area (Å²) in [4.78, 5) is 6.99. The van der Waals surface area contributed by atoms with Crippen LogP contribution in [0, 0.1) is 5.92 Å². The molecule has 1 aromatic rings. The Kier molecular flexibility index (Phi) is 4.19. The number of nitrogens with zero attached hydrogens (tertiary/aromatic N) is 3. The van der Waals surface area contributed by atoms with Gasteiger partial charge in [-0.2, -0.15) is 0 Å². The highest BCUT2D eigenvalue weighted by Crippen LogP contribution is 2.31. The van der Waals surface area contributed by atoms with Crippen molar-refractivity contribution >= 4 is 5.96 Å². The molecule has 5 nitrogen and oxygen atoms in total. The third-order valence-corrected chi connectivity index (χ3v) is 4.60.